The molecule has 0 aromatic heterocycles. The van der Waals surface area contributed by atoms with Crippen LogP contribution in [0.25, 0.3) is 5.53 Å². The summed E-state index contributed by atoms with van der Waals surface area (Å²) in [6, 6.07) is 0. The van der Waals surface area contributed by atoms with Gasteiger partial charge in [0.25, 0.3) is 0 Å². The molecule has 0 saturated carbocycles. The van der Waals surface area contributed by atoms with Crippen LogP contribution in [0.5, 0.6) is 0 Å². The standard InChI is InChI=1S/C10H14N2O4/c1-4-15-9(13)7(3)6-8(12-11)10(14)16-5-2/h6H,4-5H2,1-3H3/b7-6+. The smallest absolute Gasteiger partial charge is 0.421 e. The molecule has 0 unspecified atom stereocenters. The molecule has 0 aliphatic carbocycles. The van der Waals surface area contributed by atoms with Gasteiger partial charge in [-0.05, 0) is 20.8 Å². The highest BCUT2D eigenvalue weighted by molar-refractivity contribution is 6.39. The third-order valence-electron chi connectivity index (χ3n) is 1.54. The molecule has 6 heteroatoms. The number of rotatable bonds is 5. The topological polar surface area (TPSA) is 89.0 Å². The zero-order valence-corrected chi connectivity index (χ0v) is 9.52. The Balaban J connectivity index is 4.77. The average molecular weight is 226 g/mol. The van der Waals surface area contributed by atoms with Gasteiger partial charge in [-0.3, -0.25) is 0 Å². The maximum Gasteiger partial charge on any atom is 0.421 e. The second-order valence-electron chi connectivity index (χ2n) is 2.75. The van der Waals surface area contributed by atoms with Crippen molar-refractivity contribution in [3.63, 3.8) is 0 Å². The highest BCUT2D eigenvalue weighted by Gasteiger charge is 2.20. The Hall–Kier alpha value is -1.94. The monoisotopic (exact) mass is 226 g/mol. The van der Waals surface area contributed by atoms with Crippen molar-refractivity contribution in [3.05, 3.63) is 17.2 Å². The van der Waals surface area contributed by atoms with Crippen molar-refractivity contribution in [2.45, 2.75) is 20.8 Å². The van der Waals surface area contributed by atoms with E-state index in [0.29, 0.717) is 0 Å². The van der Waals surface area contributed by atoms with Crippen LogP contribution >= 0.6 is 0 Å². The zero-order chi connectivity index (χ0) is 12.6. The minimum absolute atomic E-state index is 0.155. The Morgan fingerprint density at radius 2 is 1.69 bits per heavy atom. The second kappa shape index (κ2) is 7.36. The van der Waals surface area contributed by atoms with Crippen molar-refractivity contribution in [3.8, 4) is 0 Å². The fraction of sp³-hybridized carbons (Fsp3) is 0.500. The lowest BCUT2D eigenvalue weighted by atomic mass is 10.2. The van der Waals surface area contributed by atoms with E-state index in [9.17, 15) is 9.59 Å². The minimum atomic E-state index is -0.798. The van der Waals surface area contributed by atoms with Crippen molar-refractivity contribution in [1.29, 1.82) is 0 Å². The Kier molecular flexibility index (Phi) is 6.47. The van der Waals surface area contributed by atoms with Gasteiger partial charge in [0.1, 0.15) is 0 Å². The van der Waals surface area contributed by atoms with Crippen LogP contribution in [0, 0.1) is 0 Å². The van der Waals surface area contributed by atoms with Crippen molar-refractivity contribution < 1.29 is 23.9 Å². The lowest BCUT2D eigenvalue weighted by Crippen LogP contribution is -2.18. The fourth-order valence-electron chi connectivity index (χ4n) is 0.843. The summed E-state index contributed by atoms with van der Waals surface area (Å²) in [5, 5.41) is 0. The van der Waals surface area contributed by atoms with Gasteiger partial charge in [0, 0.05) is 11.6 Å². The number of esters is 2. The van der Waals surface area contributed by atoms with Crippen LogP contribution in [-0.2, 0) is 19.1 Å². The molecule has 0 spiro atoms. The normalized spacial score (nSPS) is 10.3. The van der Waals surface area contributed by atoms with E-state index in [1.807, 2.05) is 0 Å². The lowest BCUT2D eigenvalue weighted by Gasteiger charge is -1.99. The van der Waals surface area contributed by atoms with Gasteiger partial charge in [-0.25, -0.2) is 9.59 Å². The maximum atomic E-state index is 11.2. The molecule has 0 aromatic carbocycles. The van der Waals surface area contributed by atoms with Gasteiger partial charge in [0.2, 0.25) is 0 Å². The van der Waals surface area contributed by atoms with Crippen LogP contribution in [-0.4, -0.2) is 35.7 Å². The highest BCUT2D eigenvalue weighted by Crippen LogP contribution is 1.98. The number of ether oxygens (including phenoxy) is 2. The first kappa shape index (κ1) is 14.1. The number of hydrogen-bond acceptors (Lipinski definition) is 4. The van der Waals surface area contributed by atoms with Gasteiger partial charge in [-0.1, -0.05) is 0 Å². The Morgan fingerprint density at radius 1 is 1.19 bits per heavy atom. The van der Waals surface area contributed by atoms with E-state index in [0.717, 1.165) is 6.08 Å². The summed E-state index contributed by atoms with van der Waals surface area (Å²) in [4.78, 5) is 25.1. The number of nitrogens with zero attached hydrogens (tertiary/aromatic N) is 2. The predicted molar refractivity (Wildman–Crippen MR) is 55.6 cm³/mol. The third kappa shape index (κ3) is 4.52. The molecule has 16 heavy (non-hydrogen) atoms. The molecule has 0 aliphatic heterocycles. The van der Waals surface area contributed by atoms with Crippen LogP contribution < -0.4 is 0 Å². The molecule has 0 radical (unpaired) electrons. The van der Waals surface area contributed by atoms with Crippen LogP contribution in [0.15, 0.2) is 11.6 Å². The number of hydrogen-bond donors (Lipinski definition) is 0. The first-order valence-electron chi connectivity index (χ1n) is 4.81. The van der Waals surface area contributed by atoms with E-state index >= 15 is 0 Å². The summed E-state index contributed by atoms with van der Waals surface area (Å²) < 4.78 is 9.30. The van der Waals surface area contributed by atoms with Gasteiger partial charge in [-0.15, -0.1) is 0 Å². The summed E-state index contributed by atoms with van der Waals surface area (Å²) in [6.45, 7) is 5.12. The van der Waals surface area contributed by atoms with Gasteiger partial charge >= 0.3 is 17.7 Å². The van der Waals surface area contributed by atoms with Gasteiger partial charge in [-0.2, -0.15) is 4.79 Å². The molecule has 0 heterocycles. The van der Waals surface area contributed by atoms with Gasteiger partial charge in [0.05, 0.1) is 13.2 Å². The largest absolute Gasteiger partial charge is 0.463 e. The summed E-state index contributed by atoms with van der Waals surface area (Å²) in [7, 11) is 0. The summed E-state index contributed by atoms with van der Waals surface area (Å²) in [5.74, 6) is -1.37. The number of carbonyl (C=O) groups excluding carboxylic acids is 2. The highest BCUT2D eigenvalue weighted by atomic mass is 16.5. The molecule has 0 aliphatic rings. The molecule has 0 bridgehead atoms. The second-order valence-corrected chi connectivity index (χ2v) is 2.75. The first-order valence-corrected chi connectivity index (χ1v) is 4.81. The van der Waals surface area contributed by atoms with Crippen LogP contribution in [0.1, 0.15) is 20.8 Å². The lowest BCUT2D eigenvalue weighted by molar-refractivity contribution is -0.139. The molecule has 0 amide bonds. The SMILES string of the molecule is CCOC(=O)C(/C=C(\C)C(=O)OCC)=[N+]=[N-]. The fourth-order valence-corrected chi connectivity index (χ4v) is 0.843. The predicted octanol–water partition coefficient (Wildman–Crippen LogP) is 0.730. The molecular formula is C10H14N2O4. The molecule has 0 atom stereocenters. The molecule has 0 N–H and O–H groups in total. The van der Waals surface area contributed by atoms with Crippen molar-refractivity contribution in [2.75, 3.05) is 13.2 Å². The maximum absolute atomic E-state index is 11.2. The number of carbonyl (C=O) groups is 2. The minimum Gasteiger partial charge on any atom is -0.463 e. The van der Waals surface area contributed by atoms with Crippen molar-refractivity contribution in [1.82, 2.24) is 0 Å². The van der Waals surface area contributed by atoms with Crippen molar-refractivity contribution in [2.24, 2.45) is 0 Å². The zero-order valence-electron chi connectivity index (χ0n) is 9.52. The van der Waals surface area contributed by atoms with Crippen LogP contribution in [0.3, 0.4) is 0 Å². The molecule has 0 saturated heterocycles. The van der Waals surface area contributed by atoms with Crippen molar-refractivity contribution >= 4 is 17.7 Å². The summed E-state index contributed by atoms with van der Waals surface area (Å²) in [5.41, 5.74) is 8.39. The van der Waals surface area contributed by atoms with Crippen LogP contribution in [0.4, 0.5) is 0 Å². The van der Waals surface area contributed by atoms with E-state index in [4.69, 9.17) is 10.3 Å². The van der Waals surface area contributed by atoms with Crippen LogP contribution in [0.2, 0.25) is 0 Å². The Morgan fingerprint density at radius 3 is 2.12 bits per heavy atom. The summed E-state index contributed by atoms with van der Waals surface area (Å²) >= 11 is 0. The van der Waals surface area contributed by atoms with E-state index in [1.54, 1.807) is 13.8 Å². The van der Waals surface area contributed by atoms with Gasteiger partial charge in [0.15, 0.2) is 0 Å². The summed E-state index contributed by atoms with van der Waals surface area (Å²) in [6.07, 6.45) is 1.11. The molecule has 88 valence electrons. The third-order valence-corrected chi connectivity index (χ3v) is 1.54. The molecule has 0 aromatic rings. The Bertz CT molecular complexity index is 354. The molecular weight excluding hydrogens is 212 g/mol. The quantitative estimate of drug-likeness (QED) is 0.227. The van der Waals surface area contributed by atoms with E-state index < -0.39 is 11.9 Å². The van der Waals surface area contributed by atoms with E-state index in [-0.39, 0.29) is 24.5 Å². The average Bonchev–Trinajstić information content (AvgIpc) is 2.26. The van der Waals surface area contributed by atoms with E-state index in [2.05, 4.69) is 9.53 Å². The molecule has 0 rings (SSSR count). The molecule has 0 fully saturated rings. The Labute approximate surface area is 93.5 Å². The first-order chi connectivity index (χ1) is 7.56. The molecule has 6 nitrogen and oxygen atoms in total. The van der Waals surface area contributed by atoms with Gasteiger partial charge < -0.3 is 15.0 Å². The van der Waals surface area contributed by atoms with E-state index in [1.165, 1.54) is 6.92 Å².